The van der Waals surface area contributed by atoms with Crippen LogP contribution in [0.4, 0.5) is 5.69 Å². The average molecular weight is 242 g/mol. The monoisotopic (exact) mass is 241 g/mol. The average Bonchev–Trinajstić information content (AvgIpc) is 2.71. The van der Waals surface area contributed by atoms with Gasteiger partial charge in [0.1, 0.15) is 0 Å². The number of carboxylic acids is 1. The van der Waals surface area contributed by atoms with Crippen LogP contribution in [0.5, 0.6) is 0 Å². The van der Waals surface area contributed by atoms with Gasteiger partial charge >= 0.3 is 5.97 Å². The molecule has 1 aliphatic rings. The van der Waals surface area contributed by atoms with Gasteiger partial charge in [-0.1, -0.05) is 6.07 Å². The Balaban J connectivity index is 0.00000128. The molecule has 2 rings (SSSR count). The smallest absolute Gasteiger partial charge is 0.335 e. The fourth-order valence-corrected chi connectivity index (χ4v) is 1.35. The number of hydrogen-bond donors (Lipinski definition) is 3. The lowest BCUT2D eigenvalue weighted by Crippen LogP contribution is -2.26. The molecule has 0 saturated heterocycles. The quantitative estimate of drug-likeness (QED) is 0.727. The Labute approximate surface area is 99.0 Å². The number of aromatic carboxylic acids is 1. The third-order valence-electron chi connectivity index (χ3n) is 2.05. The number of aliphatic imine (C=N–C) groups is 1. The first kappa shape index (κ1) is 12.3. The highest BCUT2D eigenvalue weighted by Gasteiger charge is 2.07. The van der Waals surface area contributed by atoms with E-state index in [4.69, 9.17) is 5.11 Å². The van der Waals surface area contributed by atoms with Gasteiger partial charge in [-0.2, -0.15) is 0 Å². The second-order valence-electron chi connectivity index (χ2n) is 3.17. The van der Waals surface area contributed by atoms with Crippen molar-refractivity contribution in [1.29, 1.82) is 0 Å². The summed E-state index contributed by atoms with van der Waals surface area (Å²) in [5.74, 6) is -0.238. The van der Waals surface area contributed by atoms with E-state index in [0.29, 0.717) is 5.96 Å². The highest BCUT2D eigenvalue weighted by atomic mass is 35.5. The molecule has 0 unspecified atom stereocenters. The number of hydrogen-bond acceptors (Lipinski definition) is 4. The summed E-state index contributed by atoms with van der Waals surface area (Å²) < 4.78 is 0. The van der Waals surface area contributed by atoms with Crippen LogP contribution in [0.3, 0.4) is 0 Å². The Kier molecular flexibility index (Phi) is 4.13. The molecule has 1 aromatic rings. The number of halogens is 1. The van der Waals surface area contributed by atoms with Gasteiger partial charge in [-0.05, 0) is 18.2 Å². The molecule has 6 heteroatoms. The van der Waals surface area contributed by atoms with Crippen LogP contribution in [0.2, 0.25) is 0 Å². The van der Waals surface area contributed by atoms with Crippen molar-refractivity contribution in [3.63, 3.8) is 0 Å². The topological polar surface area (TPSA) is 73.7 Å². The van der Waals surface area contributed by atoms with Crippen LogP contribution in [0.25, 0.3) is 0 Å². The van der Waals surface area contributed by atoms with Crippen LogP contribution in [-0.4, -0.2) is 30.1 Å². The summed E-state index contributed by atoms with van der Waals surface area (Å²) in [4.78, 5) is 14.9. The van der Waals surface area contributed by atoms with Crippen molar-refractivity contribution in [2.45, 2.75) is 0 Å². The largest absolute Gasteiger partial charge is 0.478 e. The molecule has 0 atom stereocenters. The maximum absolute atomic E-state index is 10.7. The van der Waals surface area contributed by atoms with Gasteiger partial charge in [0.15, 0.2) is 5.96 Å². The molecule has 0 spiro atoms. The van der Waals surface area contributed by atoms with Crippen molar-refractivity contribution >= 4 is 30.0 Å². The van der Waals surface area contributed by atoms with Crippen molar-refractivity contribution < 1.29 is 9.90 Å². The zero-order chi connectivity index (χ0) is 10.7. The molecule has 1 heterocycles. The predicted molar refractivity (Wildman–Crippen MR) is 64.6 cm³/mol. The molecule has 0 fully saturated rings. The molecule has 0 aliphatic carbocycles. The molecule has 16 heavy (non-hydrogen) atoms. The molecule has 3 N–H and O–H groups in total. The van der Waals surface area contributed by atoms with Gasteiger partial charge in [0.05, 0.1) is 12.1 Å². The standard InChI is InChI=1S/C10H11N3O2.ClH/c14-9(15)7-2-1-3-8(6-7)13-10-11-4-5-12-10;/h1-3,6H,4-5H2,(H,14,15)(H2,11,12,13);1H. The second kappa shape index (κ2) is 5.37. The van der Waals surface area contributed by atoms with Crippen LogP contribution in [-0.2, 0) is 0 Å². The maximum atomic E-state index is 10.7. The predicted octanol–water partition coefficient (Wildman–Crippen LogP) is 1.18. The number of benzene rings is 1. The number of carbonyl (C=O) groups is 1. The number of nitrogens with zero attached hydrogens (tertiary/aromatic N) is 1. The van der Waals surface area contributed by atoms with Gasteiger partial charge in [0.25, 0.3) is 0 Å². The minimum absolute atomic E-state index is 0. The Hall–Kier alpha value is -1.75. The summed E-state index contributed by atoms with van der Waals surface area (Å²) in [5, 5.41) is 14.9. The molecule has 0 aromatic heterocycles. The Bertz CT molecular complexity index is 420. The zero-order valence-corrected chi connectivity index (χ0v) is 9.25. The summed E-state index contributed by atoms with van der Waals surface area (Å²) in [6, 6.07) is 6.62. The first-order valence-corrected chi connectivity index (χ1v) is 4.64. The van der Waals surface area contributed by atoms with E-state index >= 15 is 0 Å². The van der Waals surface area contributed by atoms with Crippen molar-refractivity contribution in [3.05, 3.63) is 29.8 Å². The lowest BCUT2D eigenvalue weighted by molar-refractivity contribution is 0.0697. The summed E-state index contributed by atoms with van der Waals surface area (Å²) >= 11 is 0. The van der Waals surface area contributed by atoms with Crippen LogP contribution in [0.15, 0.2) is 29.3 Å². The van der Waals surface area contributed by atoms with Crippen LogP contribution in [0.1, 0.15) is 10.4 Å². The van der Waals surface area contributed by atoms with Crippen LogP contribution in [0, 0.1) is 0 Å². The highest BCUT2D eigenvalue weighted by molar-refractivity contribution is 5.96. The fourth-order valence-electron chi connectivity index (χ4n) is 1.35. The minimum Gasteiger partial charge on any atom is -0.478 e. The summed E-state index contributed by atoms with van der Waals surface area (Å²) in [6.07, 6.45) is 0. The van der Waals surface area contributed by atoms with Gasteiger partial charge in [-0.25, -0.2) is 4.79 Å². The van der Waals surface area contributed by atoms with E-state index in [1.54, 1.807) is 24.3 Å². The van der Waals surface area contributed by atoms with E-state index in [9.17, 15) is 4.79 Å². The van der Waals surface area contributed by atoms with Gasteiger partial charge in [-0.15, -0.1) is 12.4 Å². The number of nitrogens with one attached hydrogen (secondary N) is 2. The van der Waals surface area contributed by atoms with Gasteiger partial charge in [-0.3, -0.25) is 4.99 Å². The van der Waals surface area contributed by atoms with Gasteiger partial charge < -0.3 is 15.7 Å². The molecule has 1 aromatic carbocycles. The molecule has 0 bridgehead atoms. The lowest BCUT2D eigenvalue weighted by atomic mass is 10.2. The second-order valence-corrected chi connectivity index (χ2v) is 3.17. The normalized spacial score (nSPS) is 13.4. The van der Waals surface area contributed by atoms with Crippen molar-refractivity contribution in [2.24, 2.45) is 4.99 Å². The minimum atomic E-state index is -0.931. The van der Waals surface area contributed by atoms with Crippen LogP contribution < -0.4 is 10.6 Å². The summed E-state index contributed by atoms with van der Waals surface area (Å²) in [7, 11) is 0. The van der Waals surface area contributed by atoms with Crippen molar-refractivity contribution in [3.8, 4) is 0 Å². The van der Waals surface area contributed by atoms with Gasteiger partial charge in [0.2, 0.25) is 0 Å². The number of guanidine groups is 1. The molecule has 0 saturated carbocycles. The first-order valence-electron chi connectivity index (χ1n) is 4.64. The Morgan fingerprint density at radius 1 is 1.50 bits per heavy atom. The molecule has 0 amide bonds. The lowest BCUT2D eigenvalue weighted by Gasteiger charge is -2.06. The van der Waals surface area contributed by atoms with Crippen molar-refractivity contribution in [2.75, 3.05) is 18.4 Å². The number of anilines is 1. The fraction of sp³-hybridized carbons (Fsp3) is 0.200. The SMILES string of the molecule is Cl.O=C(O)c1cccc(NC2=NCCN2)c1. The molecule has 5 nitrogen and oxygen atoms in total. The molecule has 0 radical (unpaired) electrons. The summed E-state index contributed by atoms with van der Waals surface area (Å²) in [5.41, 5.74) is 0.988. The zero-order valence-electron chi connectivity index (χ0n) is 8.43. The van der Waals surface area contributed by atoms with E-state index < -0.39 is 5.97 Å². The number of rotatable bonds is 2. The maximum Gasteiger partial charge on any atom is 0.335 e. The van der Waals surface area contributed by atoms with Gasteiger partial charge in [0, 0.05) is 12.2 Å². The molecule has 1 aliphatic heterocycles. The van der Waals surface area contributed by atoms with E-state index in [0.717, 1.165) is 18.8 Å². The third-order valence-corrected chi connectivity index (χ3v) is 2.05. The van der Waals surface area contributed by atoms with E-state index in [-0.39, 0.29) is 18.0 Å². The van der Waals surface area contributed by atoms with Crippen LogP contribution >= 0.6 is 12.4 Å². The number of carboxylic acid groups (broad SMARTS) is 1. The van der Waals surface area contributed by atoms with E-state index in [1.165, 1.54) is 0 Å². The Morgan fingerprint density at radius 3 is 2.94 bits per heavy atom. The molecular weight excluding hydrogens is 230 g/mol. The first-order chi connectivity index (χ1) is 7.25. The summed E-state index contributed by atoms with van der Waals surface area (Å²) in [6.45, 7) is 1.57. The van der Waals surface area contributed by atoms with E-state index in [2.05, 4.69) is 15.6 Å². The third kappa shape index (κ3) is 2.87. The van der Waals surface area contributed by atoms with Crippen molar-refractivity contribution in [1.82, 2.24) is 5.32 Å². The van der Waals surface area contributed by atoms with E-state index in [1.807, 2.05) is 0 Å². The molecular formula is C10H12ClN3O2. The molecule has 86 valence electrons. The Morgan fingerprint density at radius 2 is 2.31 bits per heavy atom. The highest BCUT2D eigenvalue weighted by Crippen LogP contribution is 2.10.